The first-order chi connectivity index (χ1) is 9.56. The van der Waals surface area contributed by atoms with E-state index < -0.39 is 0 Å². The van der Waals surface area contributed by atoms with Crippen LogP contribution in [-0.4, -0.2) is 29.3 Å². The predicted octanol–water partition coefficient (Wildman–Crippen LogP) is 1.78. The number of nitrogens with one attached hydrogen (secondary N) is 1. The Morgan fingerprint density at radius 1 is 1.35 bits per heavy atom. The van der Waals surface area contributed by atoms with Crippen molar-refractivity contribution in [2.75, 3.05) is 6.54 Å². The van der Waals surface area contributed by atoms with E-state index in [1.54, 1.807) is 4.90 Å². The number of furan rings is 1. The van der Waals surface area contributed by atoms with E-state index in [4.69, 9.17) is 4.42 Å². The smallest absolute Gasteiger partial charge is 0.246 e. The van der Waals surface area contributed by atoms with Crippen LogP contribution in [0.15, 0.2) is 16.5 Å². The van der Waals surface area contributed by atoms with E-state index in [1.165, 1.54) is 0 Å². The van der Waals surface area contributed by atoms with Crippen molar-refractivity contribution in [1.82, 2.24) is 10.2 Å². The molecule has 1 aromatic heterocycles. The summed E-state index contributed by atoms with van der Waals surface area (Å²) in [5.74, 6) is 1.93. The molecule has 5 nitrogen and oxygen atoms in total. The Hall–Kier alpha value is -1.78. The van der Waals surface area contributed by atoms with Gasteiger partial charge in [0.05, 0.1) is 6.04 Å². The van der Waals surface area contributed by atoms with Gasteiger partial charge in [0.2, 0.25) is 11.8 Å². The highest BCUT2D eigenvalue weighted by molar-refractivity contribution is 5.90. The van der Waals surface area contributed by atoms with Gasteiger partial charge in [-0.3, -0.25) is 9.59 Å². The molecule has 0 radical (unpaired) electrons. The summed E-state index contributed by atoms with van der Waals surface area (Å²) in [6, 6.07) is 3.32. The van der Waals surface area contributed by atoms with Crippen molar-refractivity contribution in [3.63, 3.8) is 0 Å². The van der Waals surface area contributed by atoms with E-state index in [0.717, 1.165) is 24.4 Å². The molecule has 5 heteroatoms. The Morgan fingerprint density at radius 2 is 2.10 bits per heavy atom. The zero-order chi connectivity index (χ0) is 14.3. The molecule has 1 aliphatic carbocycles. The van der Waals surface area contributed by atoms with Crippen molar-refractivity contribution < 1.29 is 14.0 Å². The lowest BCUT2D eigenvalue weighted by molar-refractivity contribution is -0.136. The standard InChI is InChI=1S/C15H20N2O3/c1-9-3-6-12(20-9)10(2)17-8-7-13(18)16-14(15(17)19)11-4-5-11/h3,6,10-11,14H,4-5,7-8H2,1-2H3,(H,16,18). The van der Waals surface area contributed by atoms with Crippen LogP contribution in [0.25, 0.3) is 0 Å². The average molecular weight is 276 g/mol. The number of nitrogens with zero attached hydrogens (tertiary/aromatic N) is 1. The van der Waals surface area contributed by atoms with E-state index >= 15 is 0 Å². The second-order valence-corrected chi connectivity index (χ2v) is 5.79. The highest BCUT2D eigenvalue weighted by Crippen LogP contribution is 2.35. The molecule has 2 unspecified atom stereocenters. The van der Waals surface area contributed by atoms with Crippen LogP contribution in [0.5, 0.6) is 0 Å². The largest absolute Gasteiger partial charge is 0.464 e. The molecule has 2 aliphatic rings. The first kappa shape index (κ1) is 13.2. The minimum Gasteiger partial charge on any atom is -0.464 e. The number of hydrogen-bond donors (Lipinski definition) is 1. The van der Waals surface area contributed by atoms with E-state index in [1.807, 2.05) is 26.0 Å². The zero-order valence-electron chi connectivity index (χ0n) is 11.9. The maximum Gasteiger partial charge on any atom is 0.246 e. The van der Waals surface area contributed by atoms with Gasteiger partial charge in [-0.25, -0.2) is 0 Å². The van der Waals surface area contributed by atoms with E-state index in [2.05, 4.69) is 5.32 Å². The van der Waals surface area contributed by atoms with Gasteiger partial charge in [0.25, 0.3) is 0 Å². The van der Waals surface area contributed by atoms with Crippen LogP contribution in [0.3, 0.4) is 0 Å². The molecular formula is C15H20N2O3. The van der Waals surface area contributed by atoms with Crippen molar-refractivity contribution in [2.45, 2.75) is 45.2 Å². The van der Waals surface area contributed by atoms with E-state index in [-0.39, 0.29) is 23.9 Å². The lowest BCUT2D eigenvalue weighted by atomic mass is 10.1. The average Bonchev–Trinajstić information content (AvgIpc) is 3.18. The second-order valence-electron chi connectivity index (χ2n) is 5.79. The molecule has 3 rings (SSSR count). The van der Waals surface area contributed by atoms with Crippen LogP contribution in [0.1, 0.15) is 43.7 Å². The van der Waals surface area contributed by atoms with Gasteiger partial charge in [-0.2, -0.15) is 0 Å². The Kier molecular flexibility index (Phi) is 3.28. The van der Waals surface area contributed by atoms with E-state index in [9.17, 15) is 9.59 Å². The number of rotatable bonds is 3. The summed E-state index contributed by atoms with van der Waals surface area (Å²) in [5.41, 5.74) is 0. The molecule has 1 saturated heterocycles. The Bertz CT molecular complexity index is 533. The highest BCUT2D eigenvalue weighted by atomic mass is 16.3. The molecule has 2 atom stereocenters. The fraction of sp³-hybridized carbons (Fsp3) is 0.600. The summed E-state index contributed by atoms with van der Waals surface area (Å²) in [6.45, 7) is 4.29. The number of carbonyl (C=O) groups is 2. The summed E-state index contributed by atoms with van der Waals surface area (Å²) < 4.78 is 5.63. The fourth-order valence-corrected chi connectivity index (χ4v) is 2.78. The van der Waals surface area contributed by atoms with Crippen LogP contribution in [0, 0.1) is 12.8 Å². The summed E-state index contributed by atoms with van der Waals surface area (Å²) in [4.78, 5) is 26.2. The van der Waals surface area contributed by atoms with Gasteiger partial charge >= 0.3 is 0 Å². The summed E-state index contributed by atoms with van der Waals surface area (Å²) in [7, 11) is 0. The quantitative estimate of drug-likeness (QED) is 0.915. The fourth-order valence-electron chi connectivity index (χ4n) is 2.78. The van der Waals surface area contributed by atoms with Crippen molar-refractivity contribution in [3.8, 4) is 0 Å². The third-order valence-electron chi connectivity index (χ3n) is 4.18. The molecule has 2 fully saturated rings. The van der Waals surface area contributed by atoms with Crippen LogP contribution >= 0.6 is 0 Å². The highest BCUT2D eigenvalue weighted by Gasteiger charge is 2.42. The van der Waals surface area contributed by atoms with Gasteiger partial charge in [0, 0.05) is 13.0 Å². The maximum atomic E-state index is 12.7. The van der Waals surface area contributed by atoms with Crippen molar-refractivity contribution >= 4 is 11.8 Å². The minimum absolute atomic E-state index is 0.0272. The second kappa shape index (κ2) is 4.96. The third kappa shape index (κ3) is 2.44. The first-order valence-electron chi connectivity index (χ1n) is 7.22. The Morgan fingerprint density at radius 3 is 2.70 bits per heavy atom. The van der Waals surface area contributed by atoms with Crippen LogP contribution in [0.2, 0.25) is 0 Å². The van der Waals surface area contributed by atoms with Crippen molar-refractivity contribution in [1.29, 1.82) is 0 Å². The minimum atomic E-state index is -0.344. The molecule has 0 spiro atoms. The van der Waals surface area contributed by atoms with Crippen molar-refractivity contribution in [2.24, 2.45) is 5.92 Å². The number of aryl methyl sites for hydroxylation is 1. The maximum absolute atomic E-state index is 12.7. The molecule has 108 valence electrons. The third-order valence-corrected chi connectivity index (χ3v) is 4.18. The van der Waals surface area contributed by atoms with Gasteiger partial charge in [0.1, 0.15) is 17.6 Å². The number of carbonyl (C=O) groups excluding carboxylic acids is 2. The first-order valence-corrected chi connectivity index (χ1v) is 7.22. The molecule has 20 heavy (non-hydrogen) atoms. The lowest BCUT2D eigenvalue weighted by Gasteiger charge is -2.28. The molecular weight excluding hydrogens is 256 g/mol. The topological polar surface area (TPSA) is 62.6 Å². The molecule has 1 saturated carbocycles. The van der Waals surface area contributed by atoms with Gasteiger partial charge in [-0.05, 0) is 44.7 Å². The molecule has 1 aliphatic heterocycles. The summed E-state index contributed by atoms with van der Waals surface area (Å²) >= 11 is 0. The summed E-state index contributed by atoms with van der Waals surface area (Å²) in [6.07, 6.45) is 2.41. The number of amides is 2. The van der Waals surface area contributed by atoms with Gasteiger partial charge < -0.3 is 14.6 Å². The predicted molar refractivity (Wildman–Crippen MR) is 72.8 cm³/mol. The molecule has 1 N–H and O–H groups in total. The molecule has 2 heterocycles. The van der Waals surface area contributed by atoms with E-state index in [0.29, 0.717) is 18.9 Å². The van der Waals surface area contributed by atoms with Crippen LogP contribution in [-0.2, 0) is 9.59 Å². The Balaban J connectivity index is 1.83. The van der Waals surface area contributed by atoms with Gasteiger partial charge in [0.15, 0.2) is 0 Å². The van der Waals surface area contributed by atoms with Crippen LogP contribution in [0.4, 0.5) is 0 Å². The zero-order valence-corrected chi connectivity index (χ0v) is 11.9. The van der Waals surface area contributed by atoms with Crippen LogP contribution < -0.4 is 5.32 Å². The molecule has 0 bridgehead atoms. The van der Waals surface area contributed by atoms with Crippen molar-refractivity contribution in [3.05, 3.63) is 23.7 Å². The normalized spacial score (nSPS) is 25.3. The lowest BCUT2D eigenvalue weighted by Crippen LogP contribution is -2.46. The number of hydrogen-bond acceptors (Lipinski definition) is 3. The molecule has 1 aromatic rings. The monoisotopic (exact) mass is 276 g/mol. The molecule has 0 aromatic carbocycles. The molecule has 2 amide bonds. The summed E-state index contributed by atoms with van der Waals surface area (Å²) in [5, 5.41) is 2.87. The Labute approximate surface area is 118 Å². The van der Waals surface area contributed by atoms with Gasteiger partial charge in [-0.15, -0.1) is 0 Å². The SMILES string of the molecule is Cc1ccc(C(C)N2CCC(=O)NC(C3CC3)C2=O)o1. The van der Waals surface area contributed by atoms with Gasteiger partial charge in [-0.1, -0.05) is 0 Å².